The summed E-state index contributed by atoms with van der Waals surface area (Å²) in [5.74, 6) is -0.0185. The first-order valence-corrected chi connectivity index (χ1v) is 7.57. The molecule has 116 valence electrons. The molecular formula is C15H23ClN4O. The molecule has 1 heterocycles. The Balaban J connectivity index is 1.78. The summed E-state index contributed by atoms with van der Waals surface area (Å²) in [5, 5.41) is 3.30. The van der Waals surface area contributed by atoms with Crippen molar-refractivity contribution in [3.63, 3.8) is 0 Å². The van der Waals surface area contributed by atoms with Gasteiger partial charge in [-0.1, -0.05) is 11.6 Å². The average molecular weight is 311 g/mol. The van der Waals surface area contributed by atoms with Crippen molar-refractivity contribution in [2.24, 2.45) is 0 Å². The zero-order valence-electron chi connectivity index (χ0n) is 12.6. The molecule has 1 unspecified atom stereocenters. The topological polar surface area (TPSA) is 61.6 Å². The van der Waals surface area contributed by atoms with E-state index in [1.807, 2.05) is 0 Å². The Morgan fingerprint density at radius 3 is 2.90 bits per heavy atom. The highest BCUT2D eigenvalue weighted by molar-refractivity contribution is 6.34. The van der Waals surface area contributed by atoms with E-state index in [2.05, 4.69) is 29.2 Å². The van der Waals surface area contributed by atoms with Gasteiger partial charge in [0.15, 0.2) is 0 Å². The van der Waals surface area contributed by atoms with Gasteiger partial charge in [0.05, 0.1) is 10.7 Å². The first-order valence-electron chi connectivity index (χ1n) is 7.19. The van der Waals surface area contributed by atoms with E-state index in [-0.39, 0.29) is 5.91 Å². The van der Waals surface area contributed by atoms with Crippen molar-refractivity contribution in [2.45, 2.75) is 18.9 Å². The second-order valence-corrected chi connectivity index (χ2v) is 6.15. The monoisotopic (exact) mass is 310 g/mol. The third kappa shape index (κ3) is 4.59. The number of likely N-dealkylation sites (tertiary alicyclic amines) is 1. The van der Waals surface area contributed by atoms with Crippen LogP contribution in [0.1, 0.15) is 12.8 Å². The zero-order valence-corrected chi connectivity index (χ0v) is 13.4. The number of anilines is 2. The molecular weight excluding hydrogens is 288 g/mol. The van der Waals surface area contributed by atoms with Crippen LogP contribution in [0.2, 0.25) is 5.02 Å². The summed E-state index contributed by atoms with van der Waals surface area (Å²) in [5.41, 5.74) is 6.83. The fraction of sp³-hybridized carbons (Fsp3) is 0.533. The fourth-order valence-corrected chi connectivity index (χ4v) is 2.78. The quantitative estimate of drug-likeness (QED) is 0.815. The Hall–Kier alpha value is -1.30. The summed E-state index contributed by atoms with van der Waals surface area (Å²) in [6.07, 6.45) is 1.64. The minimum absolute atomic E-state index is 0.0185. The van der Waals surface area contributed by atoms with Crippen LogP contribution in [0.3, 0.4) is 0 Å². The number of benzene rings is 1. The lowest BCUT2D eigenvalue weighted by Gasteiger charge is -2.20. The summed E-state index contributed by atoms with van der Waals surface area (Å²) in [6.45, 7) is 2.87. The summed E-state index contributed by atoms with van der Waals surface area (Å²) in [6, 6.07) is 5.69. The SMILES string of the molecule is CN(C)C1CCN(CCC(=O)Nc2ccc(N)cc2Cl)C1. The average Bonchev–Trinajstić information content (AvgIpc) is 2.89. The first-order chi connectivity index (χ1) is 9.95. The van der Waals surface area contributed by atoms with E-state index in [0.29, 0.717) is 28.9 Å². The predicted molar refractivity (Wildman–Crippen MR) is 87.6 cm³/mol. The van der Waals surface area contributed by atoms with Gasteiger partial charge in [-0.15, -0.1) is 0 Å². The third-order valence-corrected chi connectivity index (χ3v) is 4.21. The Morgan fingerprint density at radius 1 is 1.52 bits per heavy atom. The number of nitrogens with one attached hydrogen (secondary N) is 1. The maximum atomic E-state index is 12.0. The van der Waals surface area contributed by atoms with Gasteiger partial charge < -0.3 is 20.9 Å². The molecule has 1 aliphatic heterocycles. The number of hydrogen-bond donors (Lipinski definition) is 2. The Bertz CT molecular complexity index is 506. The first kappa shape index (κ1) is 16.1. The lowest BCUT2D eigenvalue weighted by atomic mass is 10.2. The van der Waals surface area contributed by atoms with Crippen molar-refractivity contribution in [1.82, 2.24) is 9.80 Å². The van der Waals surface area contributed by atoms with Crippen molar-refractivity contribution in [1.29, 1.82) is 0 Å². The number of halogens is 1. The van der Waals surface area contributed by atoms with Crippen molar-refractivity contribution in [3.8, 4) is 0 Å². The van der Waals surface area contributed by atoms with Crippen LogP contribution in [0.15, 0.2) is 18.2 Å². The Morgan fingerprint density at radius 2 is 2.29 bits per heavy atom. The number of carbonyl (C=O) groups excluding carboxylic acids is 1. The van der Waals surface area contributed by atoms with E-state index in [0.717, 1.165) is 19.6 Å². The van der Waals surface area contributed by atoms with E-state index >= 15 is 0 Å². The number of likely N-dealkylation sites (N-methyl/N-ethyl adjacent to an activating group) is 1. The van der Waals surface area contributed by atoms with Crippen molar-refractivity contribution in [3.05, 3.63) is 23.2 Å². The minimum atomic E-state index is -0.0185. The lowest BCUT2D eigenvalue weighted by molar-refractivity contribution is -0.116. The van der Waals surface area contributed by atoms with Crippen LogP contribution in [0.5, 0.6) is 0 Å². The van der Waals surface area contributed by atoms with Gasteiger partial charge in [-0.05, 0) is 45.3 Å². The maximum absolute atomic E-state index is 12.0. The summed E-state index contributed by atoms with van der Waals surface area (Å²) < 4.78 is 0. The van der Waals surface area contributed by atoms with Gasteiger partial charge >= 0.3 is 0 Å². The number of nitrogens with two attached hydrogens (primary N) is 1. The maximum Gasteiger partial charge on any atom is 0.225 e. The highest BCUT2D eigenvalue weighted by atomic mass is 35.5. The van der Waals surface area contributed by atoms with Crippen LogP contribution >= 0.6 is 11.6 Å². The molecule has 1 aliphatic rings. The molecule has 1 aromatic rings. The van der Waals surface area contributed by atoms with E-state index in [9.17, 15) is 4.79 Å². The number of nitrogens with zero attached hydrogens (tertiary/aromatic N) is 2. The van der Waals surface area contributed by atoms with E-state index in [1.54, 1.807) is 18.2 Å². The molecule has 6 heteroatoms. The van der Waals surface area contributed by atoms with Gasteiger partial charge in [-0.25, -0.2) is 0 Å². The molecule has 1 saturated heterocycles. The third-order valence-electron chi connectivity index (χ3n) is 3.90. The predicted octanol–water partition coefficient (Wildman–Crippen LogP) is 1.89. The van der Waals surface area contributed by atoms with Gasteiger partial charge in [0.1, 0.15) is 0 Å². The van der Waals surface area contributed by atoms with Gasteiger partial charge in [0.2, 0.25) is 5.91 Å². The van der Waals surface area contributed by atoms with Crippen LogP contribution in [-0.2, 0) is 4.79 Å². The van der Waals surface area contributed by atoms with E-state index in [4.69, 9.17) is 17.3 Å². The number of nitrogen functional groups attached to an aromatic ring is 1. The molecule has 0 saturated carbocycles. The number of rotatable bonds is 5. The van der Waals surface area contributed by atoms with Crippen LogP contribution in [0.25, 0.3) is 0 Å². The molecule has 0 spiro atoms. The van der Waals surface area contributed by atoms with Crippen molar-refractivity contribution in [2.75, 3.05) is 44.8 Å². The molecule has 0 radical (unpaired) electrons. The van der Waals surface area contributed by atoms with Crippen LogP contribution in [-0.4, -0.2) is 55.5 Å². The standard InChI is InChI=1S/C15H23ClN4O/c1-19(2)12-5-7-20(10-12)8-6-15(21)18-14-4-3-11(17)9-13(14)16/h3-4,9,12H,5-8,10,17H2,1-2H3,(H,18,21). The number of carbonyl (C=O) groups is 1. The summed E-state index contributed by atoms with van der Waals surface area (Å²) >= 11 is 6.04. The van der Waals surface area contributed by atoms with Gasteiger partial charge in [-0.2, -0.15) is 0 Å². The molecule has 1 atom stereocenters. The van der Waals surface area contributed by atoms with Crippen LogP contribution in [0, 0.1) is 0 Å². The zero-order chi connectivity index (χ0) is 15.4. The molecule has 0 aromatic heterocycles. The Kier molecular flexibility index (Phi) is 5.45. The summed E-state index contributed by atoms with van der Waals surface area (Å²) in [7, 11) is 4.20. The van der Waals surface area contributed by atoms with Crippen LogP contribution in [0.4, 0.5) is 11.4 Å². The van der Waals surface area contributed by atoms with Gasteiger partial charge in [0, 0.05) is 31.2 Å². The molecule has 21 heavy (non-hydrogen) atoms. The fourth-order valence-electron chi connectivity index (χ4n) is 2.54. The molecule has 1 aromatic carbocycles. The van der Waals surface area contributed by atoms with E-state index in [1.165, 1.54) is 6.42 Å². The Labute approximate surface area is 131 Å². The molecule has 5 nitrogen and oxygen atoms in total. The van der Waals surface area contributed by atoms with Crippen molar-refractivity contribution >= 4 is 28.9 Å². The molecule has 0 aliphatic carbocycles. The normalized spacial score (nSPS) is 19.1. The molecule has 1 fully saturated rings. The second kappa shape index (κ2) is 7.11. The number of hydrogen-bond acceptors (Lipinski definition) is 4. The molecule has 2 rings (SSSR count). The largest absolute Gasteiger partial charge is 0.399 e. The lowest BCUT2D eigenvalue weighted by Crippen LogP contribution is -2.32. The molecule has 3 N–H and O–H groups in total. The van der Waals surface area contributed by atoms with Crippen LogP contribution < -0.4 is 11.1 Å². The van der Waals surface area contributed by atoms with E-state index < -0.39 is 0 Å². The molecule has 0 bridgehead atoms. The smallest absolute Gasteiger partial charge is 0.225 e. The number of amides is 1. The van der Waals surface area contributed by atoms with Gasteiger partial charge in [0.25, 0.3) is 0 Å². The van der Waals surface area contributed by atoms with Crippen molar-refractivity contribution < 1.29 is 4.79 Å². The molecule has 1 amide bonds. The van der Waals surface area contributed by atoms with Gasteiger partial charge in [-0.3, -0.25) is 4.79 Å². The minimum Gasteiger partial charge on any atom is -0.399 e. The second-order valence-electron chi connectivity index (χ2n) is 5.74. The highest BCUT2D eigenvalue weighted by Crippen LogP contribution is 2.24. The highest BCUT2D eigenvalue weighted by Gasteiger charge is 2.23. The summed E-state index contributed by atoms with van der Waals surface area (Å²) in [4.78, 5) is 16.6.